The summed E-state index contributed by atoms with van der Waals surface area (Å²) in [4.78, 5) is 22.7. The summed E-state index contributed by atoms with van der Waals surface area (Å²) in [6.07, 6.45) is 4.58. The van der Waals surface area contributed by atoms with Gasteiger partial charge in [0, 0.05) is 13.1 Å². The van der Waals surface area contributed by atoms with Gasteiger partial charge in [-0.25, -0.2) is 9.78 Å². The lowest BCUT2D eigenvalue weighted by molar-refractivity contribution is 0.205. The Morgan fingerprint density at radius 3 is 3.12 bits per heavy atom. The lowest BCUT2D eigenvalue weighted by Crippen LogP contribution is -2.35. The Morgan fingerprint density at radius 2 is 2.31 bits per heavy atom. The first-order valence-corrected chi connectivity index (χ1v) is 9.08. The smallest absolute Gasteiger partial charge is 0.323 e. The van der Waals surface area contributed by atoms with Gasteiger partial charge in [0.15, 0.2) is 5.82 Å². The van der Waals surface area contributed by atoms with Gasteiger partial charge in [0.05, 0.1) is 23.3 Å². The number of fused-ring (bicyclic) bond motifs is 1. The molecule has 1 aliphatic rings. The molecule has 0 radical (unpaired) electrons. The number of imidazole rings is 1. The second-order valence-electron chi connectivity index (χ2n) is 6.74. The molecule has 1 unspecified atom stereocenters. The molecule has 2 N–H and O–H groups in total. The normalized spacial score (nSPS) is 17.2. The van der Waals surface area contributed by atoms with E-state index in [9.17, 15) is 4.79 Å². The van der Waals surface area contributed by atoms with Crippen LogP contribution in [0.5, 0.6) is 0 Å². The minimum atomic E-state index is -0.159. The Labute approximate surface area is 151 Å². The van der Waals surface area contributed by atoms with E-state index in [0.29, 0.717) is 12.4 Å². The lowest BCUT2D eigenvalue weighted by Gasteiger charge is -2.22. The topological polar surface area (TPSA) is 91.7 Å². The van der Waals surface area contributed by atoms with Gasteiger partial charge in [-0.1, -0.05) is 24.3 Å². The molecule has 1 fully saturated rings. The third-order valence-corrected chi connectivity index (χ3v) is 4.79. The highest BCUT2D eigenvalue weighted by Gasteiger charge is 2.32. The van der Waals surface area contributed by atoms with Crippen LogP contribution in [-0.4, -0.2) is 42.4 Å². The Bertz CT molecular complexity index is 929. The zero-order valence-electron chi connectivity index (χ0n) is 15.1. The third kappa shape index (κ3) is 3.02. The molecule has 26 heavy (non-hydrogen) atoms. The van der Waals surface area contributed by atoms with Gasteiger partial charge in [-0.2, -0.15) is 0 Å². The number of amides is 2. The van der Waals surface area contributed by atoms with Crippen molar-refractivity contribution in [2.75, 3.05) is 11.9 Å². The number of carbonyl (C=O) groups excluding carboxylic acids is 1. The third-order valence-electron chi connectivity index (χ3n) is 4.79. The van der Waals surface area contributed by atoms with Crippen molar-refractivity contribution in [1.29, 1.82) is 0 Å². The monoisotopic (exact) mass is 353 g/mol. The van der Waals surface area contributed by atoms with E-state index >= 15 is 0 Å². The molecular formula is C18H23N7O. The maximum Gasteiger partial charge on any atom is 0.323 e. The van der Waals surface area contributed by atoms with Crippen LogP contribution in [-0.2, 0) is 6.54 Å². The zero-order valence-corrected chi connectivity index (χ0v) is 15.1. The van der Waals surface area contributed by atoms with Crippen LogP contribution in [0.25, 0.3) is 11.0 Å². The first kappa shape index (κ1) is 16.6. The van der Waals surface area contributed by atoms with Crippen molar-refractivity contribution in [2.45, 2.75) is 45.7 Å². The summed E-state index contributed by atoms with van der Waals surface area (Å²) in [5.74, 6) is 1.33. The molecule has 0 saturated carbocycles. The molecule has 8 nitrogen and oxygen atoms in total. The van der Waals surface area contributed by atoms with Crippen LogP contribution in [0, 0.1) is 6.92 Å². The molecule has 1 atom stereocenters. The fourth-order valence-electron chi connectivity index (χ4n) is 3.52. The minimum Gasteiger partial charge on any atom is -0.340 e. The fourth-order valence-corrected chi connectivity index (χ4v) is 3.52. The van der Waals surface area contributed by atoms with Crippen LogP contribution >= 0.6 is 0 Å². The van der Waals surface area contributed by atoms with Gasteiger partial charge in [-0.05, 0) is 37.8 Å². The van der Waals surface area contributed by atoms with Gasteiger partial charge < -0.3 is 9.88 Å². The van der Waals surface area contributed by atoms with E-state index in [1.807, 2.05) is 30.0 Å². The van der Waals surface area contributed by atoms with Crippen LogP contribution < -0.4 is 5.32 Å². The Kier molecular flexibility index (Phi) is 4.32. The van der Waals surface area contributed by atoms with E-state index in [0.717, 1.165) is 48.2 Å². The first-order chi connectivity index (χ1) is 12.7. The molecule has 2 amide bonds. The van der Waals surface area contributed by atoms with Gasteiger partial charge in [0.2, 0.25) is 0 Å². The van der Waals surface area contributed by atoms with Gasteiger partial charge in [0.25, 0.3) is 0 Å². The van der Waals surface area contributed by atoms with E-state index in [4.69, 9.17) is 4.98 Å². The summed E-state index contributed by atoms with van der Waals surface area (Å²) in [5.41, 5.74) is 3.11. The predicted molar refractivity (Wildman–Crippen MR) is 98.8 cm³/mol. The molecule has 1 aromatic carbocycles. The van der Waals surface area contributed by atoms with Gasteiger partial charge in [0.1, 0.15) is 5.82 Å². The number of nitrogens with one attached hydrogen (secondary N) is 2. The fraction of sp³-hybridized carbons (Fsp3) is 0.444. The van der Waals surface area contributed by atoms with Crippen molar-refractivity contribution in [1.82, 2.24) is 29.9 Å². The average molecular weight is 353 g/mol. The Morgan fingerprint density at radius 1 is 1.42 bits per heavy atom. The zero-order chi connectivity index (χ0) is 18.1. The van der Waals surface area contributed by atoms with Crippen molar-refractivity contribution in [3.8, 4) is 0 Å². The highest BCUT2D eigenvalue weighted by atomic mass is 16.2. The number of carbonyl (C=O) groups is 1. The second-order valence-corrected chi connectivity index (χ2v) is 6.74. The number of hydrogen-bond acceptors (Lipinski definition) is 4. The van der Waals surface area contributed by atoms with E-state index in [1.54, 1.807) is 10.9 Å². The number of H-pyrrole nitrogens is 1. The van der Waals surface area contributed by atoms with Gasteiger partial charge in [-0.15, -0.1) is 5.10 Å². The molecule has 0 bridgehead atoms. The second kappa shape index (κ2) is 6.78. The Hall–Kier alpha value is -2.90. The number of aryl methyl sites for hydroxylation is 2. The maximum atomic E-state index is 12.7. The molecule has 4 rings (SSSR count). The number of likely N-dealkylation sites (tertiary alicyclic amines) is 1. The number of benzene rings is 1. The highest BCUT2D eigenvalue weighted by Crippen LogP contribution is 2.32. The van der Waals surface area contributed by atoms with Crippen LogP contribution in [0.4, 0.5) is 10.6 Å². The molecule has 3 heterocycles. The van der Waals surface area contributed by atoms with Crippen molar-refractivity contribution in [2.24, 2.45) is 0 Å². The molecule has 0 aliphatic carbocycles. The molecular weight excluding hydrogens is 330 g/mol. The van der Waals surface area contributed by atoms with E-state index in [1.165, 1.54) is 0 Å². The first-order valence-electron chi connectivity index (χ1n) is 9.08. The summed E-state index contributed by atoms with van der Waals surface area (Å²) in [6, 6.07) is 5.87. The molecule has 136 valence electrons. The summed E-state index contributed by atoms with van der Waals surface area (Å²) in [7, 11) is 0. The number of anilines is 1. The quantitative estimate of drug-likeness (QED) is 0.753. The number of aromatic nitrogens is 5. The van der Waals surface area contributed by atoms with Gasteiger partial charge >= 0.3 is 6.03 Å². The molecule has 1 aliphatic heterocycles. The van der Waals surface area contributed by atoms with E-state index in [-0.39, 0.29) is 12.1 Å². The standard InChI is InChI=1S/C18H23N7O/c1-3-9-24-11-15(22-23-24)20-18(26)25-10-5-8-14(25)17-19-13-7-4-6-12(2)16(13)21-17/h4,6-7,11,14H,3,5,8-10H2,1-2H3,(H,19,21)(H,20,26). The molecule has 1 saturated heterocycles. The highest BCUT2D eigenvalue weighted by molar-refractivity contribution is 5.88. The summed E-state index contributed by atoms with van der Waals surface area (Å²) in [5, 5.41) is 10.9. The molecule has 8 heteroatoms. The van der Waals surface area contributed by atoms with E-state index in [2.05, 4.69) is 27.5 Å². The van der Waals surface area contributed by atoms with Crippen LogP contribution in [0.1, 0.15) is 43.6 Å². The van der Waals surface area contributed by atoms with Crippen LogP contribution in [0.3, 0.4) is 0 Å². The SMILES string of the molecule is CCCn1cc(NC(=O)N2CCCC2c2nc3c(C)cccc3[nH]2)nn1. The number of rotatable bonds is 4. The average Bonchev–Trinajstić information content (AvgIpc) is 3.33. The summed E-state index contributed by atoms with van der Waals surface area (Å²) >= 11 is 0. The minimum absolute atomic E-state index is 0.0486. The van der Waals surface area contributed by atoms with Crippen molar-refractivity contribution >= 4 is 22.9 Å². The van der Waals surface area contributed by atoms with Crippen molar-refractivity contribution in [3.63, 3.8) is 0 Å². The lowest BCUT2D eigenvalue weighted by atomic mass is 10.2. The Balaban J connectivity index is 1.53. The molecule has 2 aromatic heterocycles. The van der Waals surface area contributed by atoms with Gasteiger partial charge in [-0.3, -0.25) is 10.00 Å². The maximum absolute atomic E-state index is 12.7. The number of para-hydroxylation sites is 1. The predicted octanol–water partition coefficient (Wildman–Crippen LogP) is 3.24. The number of nitrogens with zero attached hydrogens (tertiary/aromatic N) is 5. The number of urea groups is 1. The van der Waals surface area contributed by atoms with Crippen molar-refractivity contribution in [3.05, 3.63) is 35.8 Å². The largest absolute Gasteiger partial charge is 0.340 e. The van der Waals surface area contributed by atoms with Crippen LogP contribution in [0.2, 0.25) is 0 Å². The molecule has 3 aromatic rings. The van der Waals surface area contributed by atoms with Crippen LogP contribution in [0.15, 0.2) is 24.4 Å². The van der Waals surface area contributed by atoms with Crippen molar-refractivity contribution < 1.29 is 4.79 Å². The summed E-state index contributed by atoms with van der Waals surface area (Å²) in [6.45, 7) is 5.61. The molecule has 0 spiro atoms. The summed E-state index contributed by atoms with van der Waals surface area (Å²) < 4.78 is 1.74. The number of aromatic amines is 1. The number of hydrogen-bond donors (Lipinski definition) is 2. The van der Waals surface area contributed by atoms with E-state index < -0.39 is 0 Å².